The monoisotopic (exact) mass is 195 g/mol. The van der Waals surface area contributed by atoms with Crippen molar-refractivity contribution in [1.29, 1.82) is 0 Å². The Labute approximate surface area is 88.7 Å². The van der Waals surface area contributed by atoms with E-state index in [9.17, 15) is 0 Å². The second-order valence-corrected chi connectivity index (χ2v) is 5.40. The Kier molecular flexibility index (Phi) is 3.48. The van der Waals surface area contributed by atoms with E-state index in [1.807, 2.05) is 0 Å². The number of rotatable bonds is 5. The van der Waals surface area contributed by atoms with Crippen LogP contribution in [0.25, 0.3) is 0 Å². The first kappa shape index (κ1) is 10.5. The second-order valence-electron chi connectivity index (χ2n) is 5.40. The molecule has 14 heavy (non-hydrogen) atoms. The molecule has 2 aliphatic rings. The van der Waals surface area contributed by atoms with E-state index in [2.05, 4.69) is 12.2 Å². The van der Waals surface area contributed by atoms with Crippen molar-refractivity contribution in [3.8, 4) is 0 Å². The smallest absolute Gasteiger partial charge is 0.00229 e. The molecule has 0 atom stereocenters. The van der Waals surface area contributed by atoms with Crippen molar-refractivity contribution in [2.75, 3.05) is 13.1 Å². The van der Waals surface area contributed by atoms with E-state index in [0.717, 1.165) is 11.3 Å². The Morgan fingerprint density at radius 3 is 2.36 bits per heavy atom. The highest BCUT2D eigenvalue weighted by atomic mass is 15.0. The Morgan fingerprint density at radius 1 is 1.14 bits per heavy atom. The second kappa shape index (κ2) is 4.65. The predicted molar refractivity (Wildman–Crippen MR) is 61.4 cm³/mol. The van der Waals surface area contributed by atoms with Gasteiger partial charge in [-0.3, -0.25) is 0 Å². The summed E-state index contributed by atoms with van der Waals surface area (Å²) in [5.41, 5.74) is 0.742. The molecule has 1 heterocycles. The van der Waals surface area contributed by atoms with Gasteiger partial charge in [0, 0.05) is 13.1 Å². The van der Waals surface area contributed by atoms with Gasteiger partial charge in [0.25, 0.3) is 0 Å². The quantitative estimate of drug-likeness (QED) is 0.663. The van der Waals surface area contributed by atoms with E-state index >= 15 is 0 Å². The van der Waals surface area contributed by atoms with Crippen molar-refractivity contribution < 1.29 is 0 Å². The molecule has 1 saturated heterocycles. The summed E-state index contributed by atoms with van der Waals surface area (Å²) >= 11 is 0. The topological polar surface area (TPSA) is 12.0 Å². The Morgan fingerprint density at radius 2 is 1.86 bits per heavy atom. The normalized spacial score (nSPS) is 26.4. The maximum absolute atomic E-state index is 3.51. The molecule has 1 saturated carbocycles. The third-order valence-corrected chi connectivity index (χ3v) is 4.45. The van der Waals surface area contributed by atoms with Crippen molar-refractivity contribution in [3.05, 3.63) is 0 Å². The van der Waals surface area contributed by atoms with Crippen LogP contribution in [0.5, 0.6) is 0 Å². The van der Waals surface area contributed by atoms with Gasteiger partial charge in [-0.2, -0.15) is 0 Å². The average molecular weight is 195 g/mol. The standard InChI is InChI=1S/C13H25N/c1-2-3-6-9-13(10-14-11-13)12-7-4-5-8-12/h12,14H,2-11H2,1H3. The first-order valence-corrected chi connectivity index (χ1v) is 6.58. The number of unbranched alkanes of at least 4 members (excludes halogenated alkanes) is 2. The molecule has 0 amide bonds. The molecule has 0 bridgehead atoms. The van der Waals surface area contributed by atoms with E-state index in [-0.39, 0.29) is 0 Å². The van der Waals surface area contributed by atoms with Crippen LogP contribution in [0, 0.1) is 11.3 Å². The van der Waals surface area contributed by atoms with Crippen LogP contribution in [-0.4, -0.2) is 13.1 Å². The van der Waals surface area contributed by atoms with Gasteiger partial charge in [-0.1, -0.05) is 39.0 Å². The van der Waals surface area contributed by atoms with Crippen LogP contribution < -0.4 is 5.32 Å². The van der Waals surface area contributed by atoms with Gasteiger partial charge >= 0.3 is 0 Å². The molecule has 1 aliphatic carbocycles. The molecular formula is C13H25N. The minimum absolute atomic E-state index is 0.742. The van der Waals surface area contributed by atoms with Gasteiger partial charge in [-0.05, 0) is 30.6 Å². The van der Waals surface area contributed by atoms with Crippen molar-refractivity contribution >= 4 is 0 Å². The van der Waals surface area contributed by atoms with Gasteiger partial charge in [0.05, 0.1) is 0 Å². The molecule has 0 aromatic rings. The van der Waals surface area contributed by atoms with Gasteiger partial charge in [0.15, 0.2) is 0 Å². The van der Waals surface area contributed by atoms with E-state index in [0.29, 0.717) is 0 Å². The minimum Gasteiger partial charge on any atom is -0.316 e. The largest absolute Gasteiger partial charge is 0.316 e. The highest BCUT2D eigenvalue weighted by molar-refractivity contribution is 4.98. The van der Waals surface area contributed by atoms with Gasteiger partial charge in [0.1, 0.15) is 0 Å². The van der Waals surface area contributed by atoms with Crippen LogP contribution in [0.15, 0.2) is 0 Å². The lowest BCUT2D eigenvalue weighted by atomic mass is 9.67. The molecule has 1 nitrogen and oxygen atoms in total. The van der Waals surface area contributed by atoms with Crippen LogP contribution in [0.4, 0.5) is 0 Å². The van der Waals surface area contributed by atoms with Crippen molar-refractivity contribution in [3.63, 3.8) is 0 Å². The van der Waals surface area contributed by atoms with Gasteiger partial charge < -0.3 is 5.32 Å². The number of nitrogens with one attached hydrogen (secondary N) is 1. The molecule has 82 valence electrons. The van der Waals surface area contributed by atoms with Crippen molar-refractivity contribution in [2.24, 2.45) is 11.3 Å². The van der Waals surface area contributed by atoms with Crippen LogP contribution in [0.3, 0.4) is 0 Å². The minimum atomic E-state index is 0.742. The summed E-state index contributed by atoms with van der Waals surface area (Å²) in [5, 5.41) is 3.51. The van der Waals surface area contributed by atoms with Crippen LogP contribution in [-0.2, 0) is 0 Å². The fourth-order valence-electron chi connectivity index (χ4n) is 3.38. The van der Waals surface area contributed by atoms with Gasteiger partial charge in [0.2, 0.25) is 0 Å². The molecular weight excluding hydrogens is 170 g/mol. The third-order valence-electron chi connectivity index (χ3n) is 4.45. The van der Waals surface area contributed by atoms with Crippen LogP contribution >= 0.6 is 0 Å². The lowest BCUT2D eigenvalue weighted by Gasteiger charge is -2.48. The first-order chi connectivity index (χ1) is 6.87. The molecule has 0 aromatic carbocycles. The summed E-state index contributed by atoms with van der Waals surface area (Å²) in [7, 11) is 0. The molecule has 2 rings (SSSR count). The highest BCUT2D eigenvalue weighted by Gasteiger charge is 2.43. The lowest BCUT2D eigenvalue weighted by molar-refractivity contribution is 0.0666. The molecule has 0 spiro atoms. The maximum Gasteiger partial charge on any atom is 0.00229 e. The third kappa shape index (κ3) is 1.98. The summed E-state index contributed by atoms with van der Waals surface area (Å²) < 4.78 is 0. The molecule has 2 fully saturated rings. The summed E-state index contributed by atoms with van der Waals surface area (Å²) in [4.78, 5) is 0. The summed E-state index contributed by atoms with van der Waals surface area (Å²) in [6, 6.07) is 0. The summed E-state index contributed by atoms with van der Waals surface area (Å²) in [6.07, 6.45) is 11.8. The van der Waals surface area contributed by atoms with Gasteiger partial charge in [-0.15, -0.1) is 0 Å². The van der Waals surface area contributed by atoms with Crippen LogP contribution in [0.2, 0.25) is 0 Å². The fourth-order valence-corrected chi connectivity index (χ4v) is 3.38. The zero-order valence-electron chi connectivity index (χ0n) is 9.65. The first-order valence-electron chi connectivity index (χ1n) is 6.58. The highest BCUT2D eigenvalue weighted by Crippen LogP contribution is 2.45. The summed E-state index contributed by atoms with van der Waals surface area (Å²) in [5.74, 6) is 1.07. The molecule has 0 unspecified atom stereocenters. The Hall–Kier alpha value is -0.0400. The Bertz CT molecular complexity index is 166. The van der Waals surface area contributed by atoms with Crippen molar-refractivity contribution in [1.82, 2.24) is 5.32 Å². The van der Waals surface area contributed by atoms with E-state index in [4.69, 9.17) is 0 Å². The number of hydrogen-bond acceptors (Lipinski definition) is 1. The molecule has 1 aliphatic heterocycles. The zero-order valence-corrected chi connectivity index (χ0v) is 9.65. The van der Waals surface area contributed by atoms with Crippen molar-refractivity contribution in [2.45, 2.75) is 58.3 Å². The Balaban J connectivity index is 1.82. The maximum atomic E-state index is 3.51. The number of hydrogen-bond donors (Lipinski definition) is 1. The van der Waals surface area contributed by atoms with E-state index < -0.39 is 0 Å². The molecule has 1 heteroatoms. The predicted octanol–water partition coefficient (Wildman–Crippen LogP) is 3.35. The molecule has 0 aromatic heterocycles. The van der Waals surface area contributed by atoms with E-state index in [1.165, 1.54) is 64.5 Å². The SMILES string of the molecule is CCCCCC1(C2CCCC2)CNC1. The molecule has 0 radical (unpaired) electrons. The summed E-state index contributed by atoms with van der Waals surface area (Å²) in [6.45, 7) is 4.95. The van der Waals surface area contributed by atoms with Gasteiger partial charge in [-0.25, -0.2) is 0 Å². The fraction of sp³-hybridized carbons (Fsp3) is 1.00. The average Bonchev–Trinajstić information content (AvgIpc) is 2.62. The zero-order chi connectivity index (χ0) is 9.86. The molecule has 1 N–H and O–H groups in total. The van der Waals surface area contributed by atoms with E-state index in [1.54, 1.807) is 0 Å². The lowest BCUT2D eigenvalue weighted by Crippen LogP contribution is -2.57. The van der Waals surface area contributed by atoms with Crippen LogP contribution in [0.1, 0.15) is 58.3 Å².